The van der Waals surface area contributed by atoms with Gasteiger partial charge in [-0.05, 0) is 38.5 Å². The fourth-order valence-electron chi connectivity index (χ4n) is 4.36. The summed E-state index contributed by atoms with van der Waals surface area (Å²) in [6.07, 6.45) is 12.3. The molecule has 0 radical (unpaired) electrons. The number of nitrogens with zero attached hydrogens (tertiary/aromatic N) is 4. The Bertz CT molecular complexity index is 563. The van der Waals surface area contributed by atoms with Crippen molar-refractivity contribution < 1.29 is 9.53 Å². The van der Waals surface area contributed by atoms with Crippen LogP contribution in [-0.2, 0) is 4.74 Å². The van der Waals surface area contributed by atoms with Gasteiger partial charge in [-0.15, -0.1) is 5.10 Å². The third kappa shape index (κ3) is 3.27. The fraction of sp³-hybridized carbons (Fsp3) is 0.824. The van der Waals surface area contributed by atoms with Crippen molar-refractivity contribution in [1.29, 1.82) is 0 Å². The molecular weight excluding hydrogens is 306 g/mol. The van der Waals surface area contributed by atoms with Gasteiger partial charge in [0.15, 0.2) is 0 Å². The number of likely N-dealkylation sites (tertiary alicyclic amines) is 1. The number of aromatic nitrogens is 3. The largest absolute Gasteiger partial charge is 0.376 e. The molecular formula is C17H27N5O2. The first-order valence-corrected chi connectivity index (χ1v) is 9.41. The summed E-state index contributed by atoms with van der Waals surface area (Å²) in [5.41, 5.74) is 0. The number of amides is 2. The lowest BCUT2D eigenvalue weighted by atomic mass is 9.96. The molecule has 2 atom stereocenters. The Morgan fingerprint density at radius 2 is 2.00 bits per heavy atom. The van der Waals surface area contributed by atoms with Gasteiger partial charge in [0.05, 0.1) is 18.2 Å². The van der Waals surface area contributed by atoms with Crippen molar-refractivity contribution in [3.05, 3.63) is 6.33 Å². The highest BCUT2D eigenvalue weighted by molar-refractivity contribution is 5.87. The van der Waals surface area contributed by atoms with Crippen LogP contribution in [0.2, 0.25) is 0 Å². The van der Waals surface area contributed by atoms with Gasteiger partial charge in [0, 0.05) is 13.2 Å². The van der Waals surface area contributed by atoms with Crippen LogP contribution in [0.15, 0.2) is 6.33 Å². The molecule has 3 heterocycles. The summed E-state index contributed by atoms with van der Waals surface area (Å²) >= 11 is 0. The second-order valence-electron chi connectivity index (χ2n) is 7.22. The van der Waals surface area contributed by atoms with Gasteiger partial charge in [-0.25, -0.2) is 14.5 Å². The number of carbonyl (C=O) groups is 1. The molecule has 0 bridgehead atoms. The van der Waals surface area contributed by atoms with Crippen molar-refractivity contribution in [2.45, 2.75) is 76.0 Å². The van der Waals surface area contributed by atoms with E-state index in [2.05, 4.69) is 15.4 Å². The predicted octanol–water partition coefficient (Wildman–Crippen LogP) is 2.96. The molecule has 0 aromatic carbocycles. The number of ether oxygens (including phenoxy) is 1. The van der Waals surface area contributed by atoms with Gasteiger partial charge < -0.3 is 9.64 Å². The molecule has 0 spiro atoms. The molecule has 3 fully saturated rings. The second-order valence-corrected chi connectivity index (χ2v) is 7.22. The van der Waals surface area contributed by atoms with E-state index in [1.165, 1.54) is 19.3 Å². The maximum Gasteiger partial charge on any atom is 0.324 e. The lowest BCUT2D eigenvalue weighted by Gasteiger charge is -2.28. The molecule has 2 aliphatic heterocycles. The van der Waals surface area contributed by atoms with E-state index in [1.54, 1.807) is 6.33 Å². The lowest BCUT2D eigenvalue weighted by molar-refractivity contribution is 0.0542. The first-order chi connectivity index (χ1) is 11.8. The predicted molar refractivity (Wildman–Crippen MR) is 89.9 cm³/mol. The first-order valence-electron chi connectivity index (χ1n) is 9.41. The zero-order valence-electron chi connectivity index (χ0n) is 14.2. The Labute approximate surface area is 142 Å². The summed E-state index contributed by atoms with van der Waals surface area (Å²) in [6.45, 7) is 1.61. The molecule has 7 nitrogen and oxygen atoms in total. The van der Waals surface area contributed by atoms with Crippen molar-refractivity contribution in [2.24, 2.45) is 0 Å². The summed E-state index contributed by atoms with van der Waals surface area (Å²) in [7, 11) is 0. The van der Waals surface area contributed by atoms with Gasteiger partial charge in [-0.2, -0.15) is 0 Å². The van der Waals surface area contributed by atoms with Gasteiger partial charge in [0.2, 0.25) is 5.95 Å². The number of urea groups is 1. The van der Waals surface area contributed by atoms with Crippen LogP contribution in [0.3, 0.4) is 0 Å². The van der Waals surface area contributed by atoms with Crippen LogP contribution < -0.4 is 5.32 Å². The third-order valence-corrected chi connectivity index (χ3v) is 5.63. The van der Waals surface area contributed by atoms with Gasteiger partial charge in [0.25, 0.3) is 0 Å². The van der Waals surface area contributed by atoms with E-state index in [9.17, 15) is 4.79 Å². The molecule has 1 N–H and O–H groups in total. The Hall–Kier alpha value is -1.63. The molecule has 2 amide bonds. The number of anilines is 1. The average Bonchev–Trinajstić information content (AvgIpc) is 3.36. The normalized spacial score (nSPS) is 28.4. The minimum absolute atomic E-state index is 0.0885. The zero-order chi connectivity index (χ0) is 16.4. The molecule has 4 rings (SSSR count). The van der Waals surface area contributed by atoms with E-state index in [0.29, 0.717) is 12.0 Å². The molecule has 2 saturated heterocycles. The number of nitrogens with one attached hydrogen (secondary N) is 1. The van der Waals surface area contributed by atoms with Crippen molar-refractivity contribution in [1.82, 2.24) is 19.7 Å². The minimum atomic E-state index is -0.0885. The van der Waals surface area contributed by atoms with E-state index in [4.69, 9.17) is 4.74 Å². The molecule has 24 heavy (non-hydrogen) atoms. The van der Waals surface area contributed by atoms with Crippen molar-refractivity contribution >= 4 is 12.0 Å². The van der Waals surface area contributed by atoms with Gasteiger partial charge >= 0.3 is 6.03 Å². The van der Waals surface area contributed by atoms with Crippen LogP contribution in [0.5, 0.6) is 0 Å². The molecule has 7 heteroatoms. The summed E-state index contributed by atoms with van der Waals surface area (Å²) in [4.78, 5) is 18.8. The number of carbonyl (C=O) groups excluding carboxylic acids is 1. The Balaban J connectivity index is 1.37. The molecule has 1 aromatic rings. The van der Waals surface area contributed by atoms with Crippen LogP contribution in [0.25, 0.3) is 0 Å². The quantitative estimate of drug-likeness (QED) is 0.923. The highest BCUT2D eigenvalue weighted by Gasteiger charge is 2.37. The average molecular weight is 333 g/mol. The monoisotopic (exact) mass is 333 g/mol. The summed E-state index contributed by atoms with van der Waals surface area (Å²) in [5, 5.41) is 7.37. The van der Waals surface area contributed by atoms with Gasteiger partial charge in [0.1, 0.15) is 6.33 Å². The molecule has 1 saturated carbocycles. The third-order valence-electron chi connectivity index (χ3n) is 5.63. The Morgan fingerprint density at radius 3 is 2.79 bits per heavy atom. The highest BCUT2D eigenvalue weighted by Crippen LogP contribution is 2.29. The number of hydrogen-bond acceptors (Lipinski definition) is 4. The molecule has 132 valence electrons. The number of rotatable bonds is 3. The van der Waals surface area contributed by atoms with E-state index in [-0.39, 0.29) is 18.2 Å². The molecule has 1 aromatic heterocycles. The smallest absolute Gasteiger partial charge is 0.324 e. The maximum atomic E-state index is 12.6. The summed E-state index contributed by atoms with van der Waals surface area (Å²) in [6, 6.07) is 0.547. The summed E-state index contributed by atoms with van der Waals surface area (Å²) in [5.74, 6) is 0.420. The minimum Gasteiger partial charge on any atom is -0.376 e. The van der Waals surface area contributed by atoms with Crippen LogP contribution in [0.4, 0.5) is 10.7 Å². The van der Waals surface area contributed by atoms with Crippen LogP contribution >= 0.6 is 0 Å². The van der Waals surface area contributed by atoms with Gasteiger partial charge in [-0.1, -0.05) is 19.3 Å². The van der Waals surface area contributed by atoms with Gasteiger partial charge in [-0.3, -0.25) is 5.32 Å². The van der Waals surface area contributed by atoms with E-state index < -0.39 is 0 Å². The topological polar surface area (TPSA) is 72.3 Å². The van der Waals surface area contributed by atoms with Crippen LogP contribution in [0.1, 0.15) is 63.8 Å². The Morgan fingerprint density at radius 1 is 1.12 bits per heavy atom. The zero-order valence-corrected chi connectivity index (χ0v) is 14.2. The van der Waals surface area contributed by atoms with Crippen molar-refractivity contribution in [3.8, 4) is 0 Å². The van der Waals surface area contributed by atoms with Crippen LogP contribution in [-0.4, -0.2) is 51.0 Å². The second kappa shape index (κ2) is 7.09. The lowest BCUT2D eigenvalue weighted by Crippen LogP contribution is -2.44. The molecule has 1 aliphatic carbocycles. The van der Waals surface area contributed by atoms with E-state index in [1.807, 2.05) is 9.58 Å². The SMILES string of the molecule is O=C(Nc1ncn(C2CCCCC2)n1)N1CCC[C@H]1[C@@H]1CCCO1. The Kier molecular flexibility index (Phi) is 4.69. The summed E-state index contributed by atoms with van der Waals surface area (Å²) < 4.78 is 7.72. The first kappa shape index (κ1) is 15.9. The van der Waals surface area contributed by atoms with E-state index in [0.717, 1.165) is 51.7 Å². The van der Waals surface area contributed by atoms with Crippen LogP contribution in [0, 0.1) is 0 Å². The molecule has 0 unspecified atom stereocenters. The maximum absolute atomic E-state index is 12.6. The highest BCUT2D eigenvalue weighted by atomic mass is 16.5. The van der Waals surface area contributed by atoms with Crippen molar-refractivity contribution in [2.75, 3.05) is 18.5 Å². The van der Waals surface area contributed by atoms with Crippen molar-refractivity contribution in [3.63, 3.8) is 0 Å². The fourth-order valence-corrected chi connectivity index (χ4v) is 4.36. The number of hydrogen-bond donors (Lipinski definition) is 1. The van der Waals surface area contributed by atoms with E-state index >= 15 is 0 Å². The standard InChI is InChI=1S/C17H27N5O2/c23-17(21-10-4-8-14(21)15-9-5-11-24-15)19-16-18-12-22(20-16)13-6-2-1-3-7-13/h12-15H,1-11H2,(H,19,20,23)/t14-,15-/m0/s1. The molecule has 3 aliphatic rings.